The number of anilines is 1. The minimum atomic E-state index is -0.272. The second-order valence-electron chi connectivity index (χ2n) is 10.3. The van der Waals surface area contributed by atoms with Crippen LogP contribution in [0.15, 0.2) is 18.2 Å². The largest absolute Gasteiger partial charge is 0.436 e. The number of amides is 3. The van der Waals surface area contributed by atoms with Crippen LogP contribution in [0.2, 0.25) is 0 Å². The Hall–Kier alpha value is -2.79. The smallest absolute Gasteiger partial charge is 0.410 e. The van der Waals surface area contributed by atoms with Crippen LogP contribution in [0.3, 0.4) is 0 Å². The van der Waals surface area contributed by atoms with Crippen molar-refractivity contribution < 1.29 is 18.7 Å². The van der Waals surface area contributed by atoms with Crippen molar-refractivity contribution in [3.8, 4) is 11.8 Å². The molecule has 0 aromatic heterocycles. The number of urea groups is 1. The molecule has 3 amide bonds. The van der Waals surface area contributed by atoms with Crippen LogP contribution in [0.25, 0.3) is 0 Å². The number of hydrogen-bond acceptors (Lipinski definition) is 4. The van der Waals surface area contributed by atoms with Gasteiger partial charge >= 0.3 is 12.1 Å². The number of benzene rings is 1. The molecule has 0 N–H and O–H groups in total. The average molecular weight is 485 g/mol. The molecule has 2 fully saturated rings. The van der Waals surface area contributed by atoms with Crippen molar-refractivity contribution in [2.45, 2.75) is 44.4 Å². The number of likely N-dealkylation sites (tertiary alicyclic amines) is 2. The Kier molecular flexibility index (Phi) is 7.85. The molecule has 3 aliphatic rings. The van der Waals surface area contributed by atoms with E-state index in [4.69, 9.17) is 4.74 Å². The van der Waals surface area contributed by atoms with E-state index in [1.807, 2.05) is 0 Å². The molecule has 1 aromatic rings. The molecule has 0 bridgehead atoms. The highest BCUT2D eigenvalue weighted by molar-refractivity contribution is 5.95. The van der Waals surface area contributed by atoms with E-state index in [0.717, 1.165) is 69.5 Å². The number of nitrogens with zero attached hydrogens (tertiary/aromatic N) is 4. The van der Waals surface area contributed by atoms with E-state index in [-0.39, 0.29) is 30.0 Å². The zero-order valence-electron chi connectivity index (χ0n) is 21.2. The summed E-state index contributed by atoms with van der Waals surface area (Å²) in [6, 6.07) is 4.75. The molecule has 0 unspecified atom stereocenters. The number of fused-ring (bicyclic) bond motifs is 2. The second kappa shape index (κ2) is 10.9. The summed E-state index contributed by atoms with van der Waals surface area (Å²) in [5.41, 5.74) is 1.59. The molecule has 1 spiro atoms. The number of rotatable bonds is 4. The van der Waals surface area contributed by atoms with Crippen molar-refractivity contribution >= 4 is 17.8 Å². The summed E-state index contributed by atoms with van der Waals surface area (Å²) in [6.45, 7) is 6.99. The second-order valence-corrected chi connectivity index (χ2v) is 10.3. The third-order valence-corrected chi connectivity index (χ3v) is 7.54. The van der Waals surface area contributed by atoms with Crippen molar-refractivity contribution in [3.05, 3.63) is 29.6 Å². The fourth-order valence-electron chi connectivity index (χ4n) is 5.61. The van der Waals surface area contributed by atoms with Gasteiger partial charge in [-0.1, -0.05) is 18.8 Å². The van der Waals surface area contributed by atoms with Crippen LogP contribution in [0.5, 0.6) is 0 Å². The first-order valence-electron chi connectivity index (χ1n) is 12.7. The summed E-state index contributed by atoms with van der Waals surface area (Å²) in [4.78, 5) is 32.8. The highest BCUT2D eigenvalue weighted by Gasteiger charge is 2.47. The van der Waals surface area contributed by atoms with Crippen LogP contribution in [-0.4, -0.2) is 86.8 Å². The molecule has 0 radical (unpaired) electrons. The minimum Gasteiger partial charge on any atom is -0.436 e. The highest BCUT2D eigenvalue weighted by atomic mass is 19.1. The van der Waals surface area contributed by atoms with Crippen molar-refractivity contribution in [2.24, 2.45) is 5.92 Å². The lowest BCUT2D eigenvalue weighted by Gasteiger charge is -2.40. The molecule has 35 heavy (non-hydrogen) atoms. The van der Waals surface area contributed by atoms with E-state index >= 15 is 0 Å². The molecule has 7 nitrogen and oxygen atoms in total. The van der Waals surface area contributed by atoms with Gasteiger partial charge in [-0.05, 0) is 68.5 Å². The third-order valence-electron chi connectivity index (χ3n) is 7.54. The first-order chi connectivity index (χ1) is 16.8. The maximum Gasteiger partial charge on any atom is 0.410 e. The van der Waals surface area contributed by atoms with Crippen molar-refractivity contribution in [3.63, 3.8) is 0 Å². The monoisotopic (exact) mass is 484 g/mol. The molecule has 0 saturated carbocycles. The normalized spacial score (nSPS) is 21.0. The lowest BCUT2D eigenvalue weighted by molar-refractivity contribution is 0.117. The quantitative estimate of drug-likeness (QED) is 0.608. The van der Waals surface area contributed by atoms with Gasteiger partial charge in [-0.2, -0.15) is 0 Å². The van der Waals surface area contributed by atoms with Gasteiger partial charge < -0.3 is 19.4 Å². The SMILES string of the molecule is CCCC#CCOC(=O)N1CC[C@@H](CN2CCC3(CC2)CN(C(=O)N(C)C)c2ccc(F)cc23)C1. The minimum absolute atomic E-state index is 0.0635. The summed E-state index contributed by atoms with van der Waals surface area (Å²) in [5, 5.41) is 0. The number of halogens is 1. The van der Waals surface area contributed by atoms with Gasteiger partial charge in [-0.15, -0.1) is 0 Å². The summed E-state index contributed by atoms with van der Waals surface area (Å²) in [7, 11) is 3.50. The zero-order chi connectivity index (χ0) is 25.0. The van der Waals surface area contributed by atoms with Crippen LogP contribution in [-0.2, 0) is 10.2 Å². The van der Waals surface area contributed by atoms with Crippen molar-refractivity contribution in [1.82, 2.24) is 14.7 Å². The first-order valence-corrected chi connectivity index (χ1v) is 12.7. The fraction of sp³-hybridized carbons (Fsp3) is 0.630. The Balaban J connectivity index is 1.31. The van der Waals surface area contributed by atoms with Gasteiger partial charge in [0.15, 0.2) is 6.61 Å². The number of carbonyl (C=O) groups excluding carboxylic acids is 2. The lowest BCUT2D eigenvalue weighted by atomic mass is 9.74. The number of carbonyl (C=O) groups is 2. The molecule has 0 aliphatic carbocycles. The molecule has 2 saturated heterocycles. The summed E-state index contributed by atoms with van der Waals surface area (Å²) >= 11 is 0. The first kappa shape index (κ1) is 25.3. The maximum atomic E-state index is 14.2. The predicted molar refractivity (Wildman–Crippen MR) is 134 cm³/mol. The van der Waals surface area contributed by atoms with E-state index in [1.165, 1.54) is 6.07 Å². The van der Waals surface area contributed by atoms with Crippen LogP contribution in [0, 0.1) is 23.6 Å². The zero-order valence-corrected chi connectivity index (χ0v) is 21.2. The molecule has 1 atom stereocenters. The molecule has 3 aliphatic heterocycles. The van der Waals surface area contributed by atoms with Gasteiger partial charge in [0.2, 0.25) is 0 Å². The molecular formula is C27H37FN4O3. The van der Waals surface area contributed by atoms with Crippen molar-refractivity contribution in [1.29, 1.82) is 0 Å². The van der Waals surface area contributed by atoms with Crippen LogP contribution < -0.4 is 4.90 Å². The Bertz CT molecular complexity index is 994. The summed E-state index contributed by atoms with van der Waals surface area (Å²) < 4.78 is 19.5. The topological polar surface area (TPSA) is 56.3 Å². The van der Waals surface area contributed by atoms with Gasteiger partial charge in [-0.3, -0.25) is 4.90 Å². The lowest BCUT2D eigenvalue weighted by Crippen LogP contribution is -2.48. The number of ether oxygens (including phenoxy) is 1. The van der Waals surface area contributed by atoms with E-state index in [9.17, 15) is 14.0 Å². The van der Waals surface area contributed by atoms with Gasteiger partial charge in [0.25, 0.3) is 0 Å². The Morgan fingerprint density at radius 3 is 2.69 bits per heavy atom. The van der Waals surface area contributed by atoms with E-state index in [0.29, 0.717) is 19.0 Å². The van der Waals surface area contributed by atoms with Crippen LogP contribution in [0.4, 0.5) is 19.7 Å². The Morgan fingerprint density at radius 1 is 1.20 bits per heavy atom. The Labute approximate surface area is 208 Å². The predicted octanol–water partition coefficient (Wildman–Crippen LogP) is 3.92. The third kappa shape index (κ3) is 5.56. The van der Waals surface area contributed by atoms with Crippen molar-refractivity contribution in [2.75, 3.05) is 64.9 Å². The maximum absolute atomic E-state index is 14.2. The molecule has 3 heterocycles. The standard InChI is InChI=1S/C27H37FN4O3/c1-4-5-6-7-16-35-26(34)31-13-10-21(19-31)18-30-14-11-27(12-15-30)20-32(25(33)29(2)3)24-9-8-22(28)17-23(24)27/h8-9,17,21H,4-5,10-16,18-20H2,1-3H3/t21-/m0/s1. The van der Waals surface area contributed by atoms with Gasteiger partial charge in [0.05, 0.1) is 0 Å². The number of piperidine rings is 1. The van der Waals surface area contributed by atoms with E-state index < -0.39 is 0 Å². The van der Waals surface area contributed by atoms with E-state index in [2.05, 4.69) is 23.7 Å². The fourth-order valence-corrected chi connectivity index (χ4v) is 5.61. The van der Waals surface area contributed by atoms with Crippen LogP contribution in [0.1, 0.15) is 44.6 Å². The number of hydrogen-bond donors (Lipinski definition) is 0. The average Bonchev–Trinajstić information content (AvgIpc) is 3.43. The van der Waals surface area contributed by atoms with Gasteiger partial charge in [0, 0.05) is 57.8 Å². The highest BCUT2D eigenvalue weighted by Crippen LogP contribution is 2.47. The number of unbranched alkanes of at least 4 members (excludes halogenated alkanes) is 1. The summed E-state index contributed by atoms with van der Waals surface area (Å²) in [6.07, 6.45) is 4.29. The molecule has 8 heteroatoms. The van der Waals surface area contributed by atoms with E-state index in [1.54, 1.807) is 40.9 Å². The molecular weight excluding hydrogens is 447 g/mol. The Morgan fingerprint density at radius 2 is 1.97 bits per heavy atom. The molecule has 4 rings (SSSR count). The van der Waals surface area contributed by atoms with Crippen LogP contribution >= 0.6 is 0 Å². The molecule has 190 valence electrons. The molecule has 1 aromatic carbocycles. The van der Waals surface area contributed by atoms with Gasteiger partial charge in [0.1, 0.15) is 5.82 Å². The summed E-state index contributed by atoms with van der Waals surface area (Å²) in [5.74, 6) is 6.05. The van der Waals surface area contributed by atoms with Gasteiger partial charge in [-0.25, -0.2) is 14.0 Å².